The summed E-state index contributed by atoms with van der Waals surface area (Å²) >= 11 is 3.40. The van der Waals surface area contributed by atoms with Gasteiger partial charge in [-0.05, 0) is 43.7 Å². The summed E-state index contributed by atoms with van der Waals surface area (Å²) in [5.74, 6) is 0.708. The van der Waals surface area contributed by atoms with Crippen LogP contribution in [0.2, 0.25) is 0 Å². The number of hydrogen-bond acceptors (Lipinski definition) is 2. The third-order valence-electron chi connectivity index (χ3n) is 2.74. The molecule has 0 aliphatic heterocycles. The van der Waals surface area contributed by atoms with Crippen LogP contribution in [0.3, 0.4) is 0 Å². The quantitative estimate of drug-likeness (QED) is 0.869. The zero-order chi connectivity index (χ0) is 15.2. The van der Waals surface area contributed by atoms with E-state index < -0.39 is 0 Å². The van der Waals surface area contributed by atoms with E-state index in [-0.39, 0.29) is 12.0 Å². The minimum atomic E-state index is -0.0465. The summed E-state index contributed by atoms with van der Waals surface area (Å²) in [5, 5.41) is 2.89. The smallest absolute Gasteiger partial charge is 0.228 e. The van der Waals surface area contributed by atoms with Crippen LogP contribution >= 0.6 is 15.9 Å². The van der Waals surface area contributed by atoms with Gasteiger partial charge in [0.05, 0.1) is 12.5 Å². The van der Waals surface area contributed by atoms with Crippen molar-refractivity contribution >= 4 is 27.5 Å². The lowest BCUT2D eigenvalue weighted by Gasteiger charge is -2.11. The number of carbonyl (C=O) groups is 1. The Kier molecular flexibility index (Phi) is 5.39. The molecule has 2 aromatic rings. The molecule has 0 unspecified atom stereocenters. The van der Waals surface area contributed by atoms with E-state index in [1.807, 2.05) is 62.4 Å². The van der Waals surface area contributed by atoms with E-state index in [4.69, 9.17) is 4.74 Å². The maximum absolute atomic E-state index is 12.1. The molecule has 0 aliphatic rings. The number of carbonyl (C=O) groups excluding carboxylic acids is 1. The molecule has 110 valence electrons. The maximum atomic E-state index is 12.1. The maximum Gasteiger partial charge on any atom is 0.228 e. The predicted molar refractivity (Wildman–Crippen MR) is 88.7 cm³/mol. The van der Waals surface area contributed by atoms with E-state index in [9.17, 15) is 4.79 Å². The van der Waals surface area contributed by atoms with Gasteiger partial charge < -0.3 is 10.1 Å². The first-order valence-corrected chi connectivity index (χ1v) is 7.63. The van der Waals surface area contributed by atoms with Crippen LogP contribution in [0.4, 0.5) is 5.69 Å². The second-order valence-corrected chi connectivity index (χ2v) is 5.96. The number of amides is 1. The molecule has 3 nitrogen and oxygen atoms in total. The first-order valence-electron chi connectivity index (χ1n) is 6.84. The fraction of sp³-hybridized carbons (Fsp3) is 0.235. The molecule has 21 heavy (non-hydrogen) atoms. The third-order valence-corrected chi connectivity index (χ3v) is 3.24. The van der Waals surface area contributed by atoms with Gasteiger partial charge in [0.15, 0.2) is 0 Å². The molecule has 1 amide bonds. The van der Waals surface area contributed by atoms with Gasteiger partial charge in [0.2, 0.25) is 5.91 Å². The number of halogens is 1. The second kappa shape index (κ2) is 7.27. The summed E-state index contributed by atoms with van der Waals surface area (Å²) in [6, 6.07) is 15.2. The Morgan fingerprint density at radius 2 is 1.95 bits per heavy atom. The molecule has 0 aliphatic carbocycles. The zero-order valence-corrected chi connectivity index (χ0v) is 13.7. The van der Waals surface area contributed by atoms with Crippen molar-refractivity contribution < 1.29 is 9.53 Å². The lowest BCUT2D eigenvalue weighted by Crippen LogP contribution is -2.14. The zero-order valence-electron chi connectivity index (χ0n) is 12.1. The Bertz CT molecular complexity index is 626. The Hall–Kier alpha value is -1.81. The van der Waals surface area contributed by atoms with Crippen molar-refractivity contribution in [2.75, 3.05) is 5.32 Å². The largest absolute Gasteiger partial charge is 0.491 e. The monoisotopic (exact) mass is 347 g/mol. The van der Waals surface area contributed by atoms with Crippen LogP contribution in [0.15, 0.2) is 53.0 Å². The Balaban J connectivity index is 1.99. The fourth-order valence-corrected chi connectivity index (χ4v) is 2.40. The number of rotatable bonds is 5. The number of anilines is 1. The van der Waals surface area contributed by atoms with Crippen molar-refractivity contribution in [3.63, 3.8) is 0 Å². The molecule has 0 spiro atoms. The molecule has 0 heterocycles. The van der Waals surface area contributed by atoms with Gasteiger partial charge in [-0.2, -0.15) is 0 Å². The van der Waals surface area contributed by atoms with Crippen LogP contribution in [0.5, 0.6) is 5.75 Å². The first kappa shape index (κ1) is 15.6. The average Bonchev–Trinajstić information content (AvgIpc) is 2.37. The van der Waals surface area contributed by atoms with Crippen LogP contribution in [0, 0.1) is 0 Å². The lowest BCUT2D eigenvalue weighted by atomic mass is 10.1. The van der Waals surface area contributed by atoms with Gasteiger partial charge in [-0.1, -0.05) is 34.1 Å². The topological polar surface area (TPSA) is 38.3 Å². The van der Waals surface area contributed by atoms with E-state index in [0.29, 0.717) is 6.42 Å². The van der Waals surface area contributed by atoms with Crippen LogP contribution in [-0.4, -0.2) is 12.0 Å². The van der Waals surface area contributed by atoms with Gasteiger partial charge in [-0.15, -0.1) is 0 Å². The molecule has 0 atom stereocenters. The summed E-state index contributed by atoms with van der Waals surface area (Å²) in [4.78, 5) is 12.1. The number of hydrogen-bond donors (Lipinski definition) is 1. The summed E-state index contributed by atoms with van der Waals surface area (Å²) in [5.41, 5.74) is 1.71. The van der Waals surface area contributed by atoms with Crippen LogP contribution in [-0.2, 0) is 11.2 Å². The standard InChI is InChI=1S/C17H18BrNO2/c1-12(2)21-16-8-4-7-15(11-16)19-17(20)10-13-5-3-6-14(18)9-13/h3-9,11-12H,10H2,1-2H3,(H,19,20). The minimum Gasteiger partial charge on any atom is -0.491 e. The summed E-state index contributed by atoms with van der Waals surface area (Å²) < 4.78 is 6.59. The van der Waals surface area contributed by atoms with Crippen molar-refractivity contribution in [1.82, 2.24) is 0 Å². The summed E-state index contributed by atoms with van der Waals surface area (Å²) in [6.07, 6.45) is 0.451. The van der Waals surface area contributed by atoms with Crippen LogP contribution in [0.1, 0.15) is 19.4 Å². The highest BCUT2D eigenvalue weighted by atomic mass is 79.9. The fourth-order valence-electron chi connectivity index (χ4n) is 1.96. The molecular weight excluding hydrogens is 330 g/mol. The molecule has 0 saturated carbocycles. The van der Waals surface area contributed by atoms with Gasteiger partial charge in [0, 0.05) is 16.2 Å². The molecule has 0 saturated heterocycles. The lowest BCUT2D eigenvalue weighted by molar-refractivity contribution is -0.115. The van der Waals surface area contributed by atoms with E-state index in [1.165, 1.54) is 0 Å². The van der Waals surface area contributed by atoms with Gasteiger partial charge >= 0.3 is 0 Å². The van der Waals surface area contributed by atoms with Gasteiger partial charge in [0.25, 0.3) is 0 Å². The molecule has 0 radical (unpaired) electrons. The highest BCUT2D eigenvalue weighted by molar-refractivity contribution is 9.10. The summed E-state index contributed by atoms with van der Waals surface area (Å²) in [6.45, 7) is 3.94. The number of nitrogens with one attached hydrogen (secondary N) is 1. The highest BCUT2D eigenvalue weighted by Gasteiger charge is 2.06. The van der Waals surface area contributed by atoms with Gasteiger partial charge in [-0.25, -0.2) is 0 Å². The van der Waals surface area contributed by atoms with E-state index in [0.717, 1.165) is 21.5 Å². The highest BCUT2D eigenvalue weighted by Crippen LogP contribution is 2.19. The summed E-state index contributed by atoms with van der Waals surface area (Å²) in [7, 11) is 0. The van der Waals surface area contributed by atoms with Crippen molar-refractivity contribution in [2.24, 2.45) is 0 Å². The normalized spacial score (nSPS) is 10.5. The molecule has 1 N–H and O–H groups in total. The van der Waals surface area contributed by atoms with Crippen molar-refractivity contribution in [3.8, 4) is 5.75 Å². The van der Waals surface area contributed by atoms with Crippen molar-refractivity contribution in [3.05, 3.63) is 58.6 Å². The average molecular weight is 348 g/mol. The third kappa shape index (κ3) is 5.23. The molecule has 2 aromatic carbocycles. The van der Waals surface area contributed by atoms with Crippen molar-refractivity contribution in [2.45, 2.75) is 26.4 Å². The molecule has 0 aromatic heterocycles. The van der Waals surface area contributed by atoms with Crippen LogP contribution < -0.4 is 10.1 Å². The number of benzene rings is 2. The second-order valence-electron chi connectivity index (χ2n) is 5.05. The SMILES string of the molecule is CC(C)Oc1cccc(NC(=O)Cc2cccc(Br)c2)c1. The minimum absolute atomic E-state index is 0.0465. The molecule has 2 rings (SSSR count). The predicted octanol–water partition coefficient (Wildman–Crippen LogP) is 4.42. The van der Waals surface area contributed by atoms with Gasteiger partial charge in [0.1, 0.15) is 5.75 Å². The van der Waals surface area contributed by atoms with Gasteiger partial charge in [-0.3, -0.25) is 4.79 Å². The van der Waals surface area contributed by atoms with Crippen LogP contribution in [0.25, 0.3) is 0 Å². The molecule has 4 heteroatoms. The van der Waals surface area contributed by atoms with E-state index in [1.54, 1.807) is 0 Å². The Labute approximate surface area is 133 Å². The van der Waals surface area contributed by atoms with E-state index >= 15 is 0 Å². The molecule has 0 bridgehead atoms. The Morgan fingerprint density at radius 3 is 2.67 bits per heavy atom. The molecule has 0 fully saturated rings. The van der Waals surface area contributed by atoms with Crippen molar-refractivity contribution in [1.29, 1.82) is 0 Å². The first-order chi connectivity index (χ1) is 10.0. The number of ether oxygens (including phenoxy) is 1. The Morgan fingerprint density at radius 1 is 1.19 bits per heavy atom. The molecular formula is C17H18BrNO2. The van der Waals surface area contributed by atoms with E-state index in [2.05, 4.69) is 21.2 Å².